The van der Waals surface area contributed by atoms with Crippen molar-refractivity contribution in [1.82, 2.24) is 10.3 Å². The topological polar surface area (TPSA) is 80.3 Å². The van der Waals surface area contributed by atoms with Gasteiger partial charge >= 0.3 is 0 Å². The molecular weight excluding hydrogens is 386 g/mol. The van der Waals surface area contributed by atoms with Gasteiger partial charge < -0.3 is 10.1 Å². The molecule has 154 valence electrons. The predicted molar refractivity (Wildman–Crippen MR) is 117 cm³/mol. The highest BCUT2D eigenvalue weighted by Crippen LogP contribution is 2.34. The van der Waals surface area contributed by atoms with Crippen LogP contribution < -0.4 is 14.8 Å². The van der Waals surface area contributed by atoms with E-state index in [0.717, 1.165) is 53.3 Å². The number of ether oxygens (including phenoxy) is 1. The van der Waals surface area contributed by atoms with Gasteiger partial charge in [-0.15, -0.1) is 0 Å². The summed E-state index contributed by atoms with van der Waals surface area (Å²) >= 11 is 0. The normalized spacial score (nSPS) is 13.2. The fraction of sp³-hybridized carbons (Fsp3) is 0.318. The Bertz CT molecular complexity index is 1100. The third-order valence-electron chi connectivity index (χ3n) is 4.83. The first-order chi connectivity index (χ1) is 14.0. The lowest BCUT2D eigenvalue weighted by Gasteiger charge is -2.22. The van der Waals surface area contributed by atoms with Gasteiger partial charge in [-0.05, 0) is 74.5 Å². The van der Waals surface area contributed by atoms with Gasteiger partial charge in [-0.2, -0.15) is 0 Å². The summed E-state index contributed by atoms with van der Waals surface area (Å²) in [6, 6.07) is 12.9. The number of benzene rings is 2. The molecule has 1 aliphatic carbocycles. The van der Waals surface area contributed by atoms with E-state index in [1.165, 1.54) is 0 Å². The lowest BCUT2D eigenvalue weighted by molar-refractivity contribution is 0.405. The Kier molecular flexibility index (Phi) is 6.71. The van der Waals surface area contributed by atoms with Crippen LogP contribution in [0.1, 0.15) is 24.0 Å². The molecule has 1 aromatic heterocycles. The maximum atomic E-state index is 13.0. The molecule has 4 rings (SSSR count). The summed E-state index contributed by atoms with van der Waals surface area (Å²) in [4.78, 5) is 4.57. The average molecular weight is 414 g/mol. The van der Waals surface area contributed by atoms with E-state index in [0.29, 0.717) is 10.7 Å². The third kappa shape index (κ3) is 4.68. The first-order valence-corrected chi connectivity index (χ1v) is 11.1. The minimum Gasteiger partial charge on any atom is -0.496 e. The fourth-order valence-corrected chi connectivity index (χ4v) is 4.87. The number of rotatable bonds is 4. The molecule has 2 aromatic carbocycles. The number of anilines is 1. The summed E-state index contributed by atoms with van der Waals surface area (Å²) in [6.07, 6.45) is 5.30. The van der Waals surface area contributed by atoms with Crippen LogP contribution >= 0.6 is 0 Å². The van der Waals surface area contributed by atoms with Crippen molar-refractivity contribution in [2.75, 3.05) is 25.9 Å². The largest absolute Gasteiger partial charge is 0.496 e. The minimum absolute atomic E-state index is 0.322. The average Bonchev–Trinajstić information content (AvgIpc) is 2.73. The van der Waals surface area contributed by atoms with Gasteiger partial charge in [0.25, 0.3) is 10.0 Å². The first kappa shape index (κ1) is 21.1. The number of hydrogen-bond donors (Lipinski definition) is 2. The Labute approximate surface area is 172 Å². The molecule has 0 amide bonds. The van der Waals surface area contributed by atoms with Crippen molar-refractivity contribution in [2.45, 2.75) is 30.6 Å². The lowest BCUT2D eigenvalue weighted by Crippen LogP contribution is -2.18. The third-order valence-corrected chi connectivity index (χ3v) is 6.27. The Hall–Kier alpha value is -2.64. The standard InChI is InChI=1S/C20H20N2O3S.C2H7N/c1-25-18-10-11-19(17-9-5-4-8-16(17)18)26(23,24)22-20-12-14-6-2-3-7-15(14)13-21-20;1-3-2/h2-3,6-7,10-13H,4-5,8-9H2,1H3,(H,21,22);3H,1-2H3. The zero-order valence-corrected chi connectivity index (χ0v) is 17.8. The number of aromatic nitrogens is 1. The van der Waals surface area contributed by atoms with E-state index in [-0.39, 0.29) is 0 Å². The van der Waals surface area contributed by atoms with E-state index in [2.05, 4.69) is 15.0 Å². The highest BCUT2D eigenvalue weighted by atomic mass is 32.2. The van der Waals surface area contributed by atoms with Gasteiger partial charge in [0.15, 0.2) is 0 Å². The van der Waals surface area contributed by atoms with Crippen molar-refractivity contribution >= 4 is 26.6 Å². The summed E-state index contributed by atoms with van der Waals surface area (Å²) in [5.41, 5.74) is 1.87. The van der Waals surface area contributed by atoms with Crippen LogP contribution in [0.4, 0.5) is 5.82 Å². The molecule has 7 heteroatoms. The van der Waals surface area contributed by atoms with Crippen LogP contribution in [0.25, 0.3) is 10.8 Å². The fourth-order valence-electron chi connectivity index (χ4n) is 3.58. The Morgan fingerprint density at radius 1 is 0.966 bits per heavy atom. The van der Waals surface area contributed by atoms with Gasteiger partial charge in [-0.25, -0.2) is 13.4 Å². The Morgan fingerprint density at radius 3 is 2.31 bits per heavy atom. The summed E-state index contributed by atoms with van der Waals surface area (Å²) < 4.78 is 34.1. The molecule has 0 unspecified atom stereocenters. The molecule has 0 bridgehead atoms. The van der Waals surface area contributed by atoms with Crippen molar-refractivity contribution in [3.63, 3.8) is 0 Å². The highest BCUT2D eigenvalue weighted by Gasteiger charge is 2.25. The maximum Gasteiger partial charge on any atom is 0.263 e. The number of sulfonamides is 1. The zero-order valence-electron chi connectivity index (χ0n) is 17.0. The van der Waals surface area contributed by atoms with E-state index in [1.807, 2.05) is 38.4 Å². The summed E-state index contributed by atoms with van der Waals surface area (Å²) in [6.45, 7) is 0. The van der Waals surface area contributed by atoms with Gasteiger partial charge in [0, 0.05) is 11.6 Å². The van der Waals surface area contributed by atoms with Crippen molar-refractivity contribution in [3.8, 4) is 5.75 Å². The van der Waals surface area contributed by atoms with Gasteiger partial charge in [0.05, 0.1) is 12.0 Å². The van der Waals surface area contributed by atoms with Gasteiger partial charge in [-0.3, -0.25) is 4.72 Å². The summed E-state index contributed by atoms with van der Waals surface area (Å²) in [5, 5.41) is 4.66. The molecule has 0 saturated heterocycles. The molecule has 1 aliphatic rings. The highest BCUT2D eigenvalue weighted by molar-refractivity contribution is 7.92. The van der Waals surface area contributed by atoms with Crippen LogP contribution in [0, 0.1) is 0 Å². The number of hydrogen-bond acceptors (Lipinski definition) is 5. The number of nitrogens with one attached hydrogen (secondary N) is 2. The maximum absolute atomic E-state index is 13.0. The van der Waals surface area contributed by atoms with Crippen LogP contribution in [-0.4, -0.2) is 34.6 Å². The number of fused-ring (bicyclic) bond motifs is 2. The molecule has 0 spiro atoms. The molecular formula is C22H27N3O3S. The molecule has 1 heterocycles. The zero-order chi connectivity index (χ0) is 20.9. The lowest BCUT2D eigenvalue weighted by atomic mass is 9.91. The molecule has 0 saturated carbocycles. The smallest absolute Gasteiger partial charge is 0.263 e. The number of methoxy groups -OCH3 is 1. The quantitative estimate of drug-likeness (QED) is 0.681. The van der Waals surface area contributed by atoms with Gasteiger partial charge in [0.2, 0.25) is 0 Å². The first-order valence-electron chi connectivity index (χ1n) is 9.65. The number of nitrogens with zero attached hydrogens (tertiary/aromatic N) is 1. The predicted octanol–water partition coefficient (Wildman–Crippen LogP) is 3.76. The molecule has 2 N–H and O–H groups in total. The summed E-state index contributed by atoms with van der Waals surface area (Å²) in [7, 11) is 1.65. The second-order valence-electron chi connectivity index (χ2n) is 6.95. The molecule has 3 aromatic rings. The Morgan fingerprint density at radius 2 is 1.62 bits per heavy atom. The second-order valence-corrected chi connectivity index (χ2v) is 8.60. The van der Waals surface area contributed by atoms with E-state index in [4.69, 9.17) is 4.74 Å². The van der Waals surface area contributed by atoms with Crippen LogP contribution in [0.2, 0.25) is 0 Å². The van der Waals surface area contributed by atoms with Gasteiger partial charge in [-0.1, -0.05) is 24.3 Å². The molecule has 29 heavy (non-hydrogen) atoms. The molecule has 0 radical (unpaired) electrons. The Balaban J connectivity index is 0.000000755. The monoisotopic (exact) mass is 413 g/mol. The molecule has 6 nitrogen and oxygen atoms in total. The SMILES string of the molecule is CNC.COc1ccc(S(=O)(=O)Nc2cc3ccccc3cn2)c2c1CCCC2. The second kappa shape index (κ2) is 9.24. The summed E-state index contributed by atoms with van der Waals surface area (Å²) in [5.74, 6) is 1.09. The number of pyridine rings is 1. The van der Waals surface area contributed by atoms with Crippen molar-refractivity contribution in [2.24, 2.45) is 0 Å². The van der Waals surface area contributed by atoms with Crippen LogP contribution in [0.3, 0.4) is 0 Å². The minimum atomic E-state index is -3.72. The van der Waals surface area contributed by atoms with Crippen molar-refractivity contribution in [3.05, 3.63) is 59.8 Å². The van der Waals surface area contributed by atoms with Crippen molar-refractivity contribution in [1.29, 1.82) is 0 Å². The molecule has 0 fully saturated rings. The molecule has 0 aliphatic heterocycles. The van der Waals surface area contributed by atoms with Crippen LogP contribution in [-0.2, 0) is 22.9 Å². The van der Waals surface area contributed by atoms with E-state index in [1.54, 1.807) is 31.5 Å². The van der Waals surface area contributed by atoms with E-state index >= 15 is 0 Å². The van der Waals surface area contributed by atoms with Crippen LogP contribution in [0.5, 0.6) is 5.75 Å². The van der Waals surface area contributed by atoms with Crippen molar-refractivity contribution < 1.29 is 13.2 Å². The van der Waals surface area contributed by atoms with E-state index < -0.39 is 10.0 Å². The van der Waals surface area contributed by atoms with E-state index in [9.17, 15) is 8.42 Å². The molecule has 0 atom stereocenters. The van der Waals surface area contributed by atoms with Gasteiger partial charge in [0.1, 0.15) is 11.6 Å². The van der Waals surface area contributed by atoms with Crippen LogP contribution in [0.15, 0.2) is 53.6 Å².